The SMILES string of the molecule is O=C(NO)C(F)(F)C(F)(F)C(F)(F)C(F)(F)C(F)(F)C(F)(F)C(=O)Nc1cccc(-c2cn(-c3ccccc3)nn2)c1. The normalized spacial score (nSPS) is 13.5. The maximum absolute atomic E-state index is 14.3. The highest BCUT2D eigenvalue weighted by Gasteiger charge is 2.92. The fraction of sp³-hybridized carbons (Fsp3) is 0.273. The number of carbonyl (C=O) groups excluding carboxylic acids is 2. The van der Waals surface area contributed by atoms with Gasteiger partial charge in [-0.25, -0.2) is 10.2 Å². The van der Waals surface area contributed by atoms with Crippen molar-refractivity contribution in [1.29, 1.82) is 0 Å². The van der Waals surface area contributed by atoms with E-state index >= 15 is 0 Å². The number of hydroxylamine groups is 1. The molecular weight excluding hydrogens is 610 g/mol. The van der Waals surface area contributed by atoms with Crippen molar-refractivity contribution in [3.63, 3.8) is 0 Å². The van der Waals surface area contributed by atoms with E-state index in [1.165, 1.54) is 16.9 Å². The van der Waals surface area contributed by atoms with Crippen LogP contribution in [0.3, 0.4) is 0 Å². The summed E-state index contributed by atoms with van der Waals surface area (Å²) in [4.78, 5) is 22.5. The summed E-state index contributed by atoms with van der Waals surface area (Å²) in [5.74, 6) is -53.0. The number of alkyl halides is 12. The molecule has 3 rings (SSSR count). The van der Waals surface area contributed by atoms with E-state index in [2.05, 4.69) is 10.3 Å². The lowest BCUT2D eigenvalue weighted by Gasteiger charge is -2.40. The summed E-state index contributed by atoms with van der Waals surface area (Å²) in [6.45, 7) is 0. The number of para-hydroxylation sites is 1. The van der Waals surface area contributed by atoms with Gasteiger partial charge in [-0.2, -0.15) is 52.7 Å². The maximum Gasteiger partial charge on any atom is 0.394 e. The minimum atomic E-state index is -8.12. The quantitative estimate of drug-likeness (QED) is 0.164. The molecule has 228 valence electrons. The Labute approximate surface area is 224 Å². The van der Waals surface area contributed by atoms with Crippen molar-refractivity contribution in [1.82, 2.24) is 20.5 Å². The topological polar surface area (TPSA) is 109 Å². The van der Waals surface area contributed by atoms with E-state index in [1.807, 2.05) is 0 Å². The van der Waals surface area contributed by atoms with Crippen LogP contribution in [0.1, 0.15) is 0 Å². The van der Waals surface area contributed by atoms with Gasteiger partial charge in [0.2, 0.25) is 0 Å². The predicted octanol–water partition coefficient (Wildman–Crippen LogP) is 5.19. The fourth-order valence-electron chi connectivity index (χ4n) is 3.21. The Morgan fingerprint density at radius 1 is 0.690 bits per heavy atom. The second-order valence-electron chi connectivity index (χ2n) is 8.31. The van der Waals surface area contributed by atoms with Crippen LogP contribution in [-0.4, -0.2) is 67.6 Å². The Morgan fingerprint density at radius 2 is 1.21 bits per heavy atom. The number of halogens is 12. The number of nitrogens with zero attached hydrogens (tertiary/aromatic N) is 3. The van der Waals surface area contributed by atoms with Crippen molar-refractivity contribution < 1.29 is 67.5 Å². The van der Waals surface area contributed by atoms with E-state index in [0.717, 1.165) is 23.5 Å². The molecule has 0 aliphatic carbocycles. The smallest absolute Gasteiger partial charge is 0.321 e. The monoisotopic (exact) mass is 623 g/mol. The van der Waals surface area contributed by atoms with Crippen molar-refractivity contribution in [3.8, 4) is 16.9 Å². The molecule has 20 heteroatoms. The van der Waals surface area contributed by atoms with Crippen molar-refractivity contribution in [2.45, 2.75) is 35.5 Å². The second kappa shape index (κ2) is 10.5. The zero-order chi connectivity index (χ0) is 31.9. The Hall–Kier alpha value is -4.36. The van der Waals surface area contributed by atoms with Crippen LogP contribution in [0.5, 0.6) is 0 Å². The standard InChI is InChI=1S/C22H13F12N5O3/c23-17(24,19(27,28)21(31,32)22(33,34)20(29,30)18(25,26)16(41)37-42)15(40)35-12-6-4-5-11(9-12)14-10-39(38-36-14)13-7-2-1-3-8-13/h1-10,42H,(H,35,40)(H,37,41). The molecule has 1 aromatic heterocycles. The zero-order valence-corrected chi connectivity index (χ0v) is 19.9. The third-order valence-electron chi connectivity index (χ3n) is 5.57. The van der Waals surface area contributed by atoms with Gasteiger partial charge < -0.3 is 5.32 Å². The molecule has 3 aromatic rings. The van der Waals surface area contributed by atoms with E-state index in [9.17, 15) is 62.3 Å². The van der Waals surface area contributed by atoms with E-state index in [4.69, 9.17) is 5.21 Å². The highest BCUT2D eigenvalue weighted by molar-refractivity contribution is 5.97. The average molecular weight is 623 g/mol. The van der Waals surface area contributed by atoms with Crippen LogP contribution < -0.4 is 10.8 Å². The Balaban J connectivity index is 1.91. The third kappa shape index (κ3) is 4.88. The average Bonchev–Trinajstić information content (AvgIpc) is 3.43. The molecule has 0 aliphatic heterocycles. The zero-order valence-electron chi connectivity index (χ0n) is 19.9. The van der Waals surface area contributed by atoms with Gasteiger partial charge in [0.25, 0.3) is 0 Å². The molecule has 0 spiro atoms. The molecule has 0 unspecified atom stereocenters. The van der Waals surface area contributed by atoms with Gasteiger partial charge in [-0.1, -0.05) is 35.5 Å². The van der Waals surface area contributed by atoms with E-state index < -0.39 is 53.0 Å². The Kier molecular flexibility index (Phi) is 8.02. The van der Waals surface area contributed by atoms with Crippen molar-refractivity contribution in [3.05, 3.63) is 60.8 Å². The first kappa shape index (κ1) is 32.2. The lowest BCUT2D eigenvalue weighted by Crippen LogP contribution is -2.73. The molecule has 2 amide bonds. The predicted molar refractivity (Wildman–Crippen MR) is 115 cm³/mol. The Bertz CT molecular complexity index is 1460. The van der Waals surface area contributed by atoms with Gasteiger partial charge in [-0.3, -0.25) is 14.8 Å². The largest absolute Gasteiger partial charge is 0.394 e. The number of benzene rings is 2. The number of carbonyl (C=O) groups is 2. The van der Waals surface area contributed by atoms with Crippen LogP contribution in [0, 0.1) is 0 Å². The first-order valence-electron chi connectivity index (χ1n) is 10.8. The van der Waals surface area contributed by atoms with E-state index in [0.29, 0.717) is 5.69 Å². The number of nitrogens with one attached hydrogen (secondary N) is 2. The van der Waals surface area contributed by atoms with E-state index in [1.54, 1.807) is 30.3 Å². The molecule has 1 heterocycles. The van der Waals surface area contributed by atoms with Gasteiger partial charge in [0.15, 0.2) is 0 Å². The minimum Gasteiger partial charge on any atom is -0.321 e. The lowest BCUT2D eigenvalue weighted by molar-refractivity contribution is -0.415. The Morgan fingerprint density at radius 3 is 1.74 bits per heavy atom. The molecule has 0 aliphatic rings. The number of rotatable bonds is 10. The molecule has 8 nitrogen and oxygen atoms in total. The molecule has 0 radical (unpaired) electrons. The molecule has 0 saturated heterocycles. The van der Waals surface area contributed by atoms with Crippen LogP contribution >= 0.6 is 0 Å². The third-order valence-corrected chi connectivity index (χ3v) is 5.57. The maximum atomic E-state index is 14.3. The first-order valence-corrected chi connectivity index (χ1v) is 10.8. The number of aromatic nitrogens is 3. The molecule has 2 aromatic carbocycles. The molecule has 0 saturated carbocycles. The van der Waals surface area contributed by atoms with Crippen LogP contribution in [-0.2, 0) is 9.59 Å². The highest BCUT2D eigenvalue weighted by atomic mass is 19.4. The van der Waals surface area contributed by atoms with Gasteiger partial charge in [-0.15, -0.1) is 5.10 Å². The van der Waals surface area contributed by atoms with Crippen molar-refractivity contribution in [2.24, 2.45) is 0 Å². The molecule has 0 bridgehead atoms. The van der Waals surface area contributed by atoms with Gasteiger partial charge in [0.1, 0.15) is 5.69 Å². The summed E-state index contributed by atoms with van der Waals surface area (Å²) in [7, 11) is 0. The molecular formula is C22H13F12N5O3. The highest BCUT2D eigenvalue weighted by Crippen LogP contribution is 2.60. The summed E-state index contributed by atoms with van der Waals surface area (Å²) < 4.78 is 168. The number of anilines is 1. The summed E-state index contributed by atoms with van der Waals surface area (Å²) in [6, 6.07) is 11.9. The molecule has 0 atom stereocenters. The lowest BCUT2D eigenvalue weighted by atomic mass is 9.90. The van der Waals surface area contributed by atoms with Gasteiger partial charge in [0, 0.05) is 11.3 Å². The first-order chi connectivity index (χ1) is 19.2. The van der Waals surface area contributed by atoms with E-state index in [-0.39, 0.29) is 16.7 Å². The van der Waals surface area contributed by atoms with Gasteiger partial charge in [0.05, 0.1) is 11.9 Å². The number of amides is 2. The number of hydrogen-bond acceptors (Lipinski definition) is 5. The summed E-state index contributed by atoms with van der Waals surface area (Å²) in [6.07, 6.45) is 1.29. The summed E-state index contributed by atoms with van der Waals surface area (Å²) in [5.41, 5.74) is -0.662. The summed E-state index contributed by atoms with van der Waals surface area (Å²) >= 11 is 0. The molecule has 42 heavy (non-hydrogen) atoms. The fourth-order valence-corrected chi connectivity index (χ4v) is 3.21. The van der Waals surface area contributed by atoms with Crippen LogP contribution in [0.2, 0.25) is 0 Å². The summed E-state index contributed by atoms with van der Waals surface area (Å²) in [5, 5.41) is 16.5. The van der Waals surface area contributed by atoms with Crippen LogP contribution in [0.4, 0.5) is 58.4 Å². The van der Waals surface area contributed by atoms with Crippen LogP contribution in [0.15, 0.2) is 60.8 Å². The van der Waals surface area contributed by atoms with Crippen LogP contribution in [0.25, 0.3) is 16.9 Å². The van der Waals surface area contributed by atoms with Crippen molar-refractivity contribution in [2.75, 3.05) is 5.32 Å². The minimum absolute atomic E-state index is 0.00621. The molecule has 3 N–H and O–H groups in total. The van der Waals surface area contributed by atoms with Gasteiger partial charge >= 0.3 is 47.3 Å². The van der Waals surface area contributed by atoms with Gasteiger partial charge in [-0.05, 0) is 24.3 Å². The van der Waals surface area contributed by atoms with Crippen molar-refractivity contribution >= 4 is 17.5 Å². The number of hydrogen-bond donors (Lipinski definition) is 3. The molecule has 0 fully saturated rings. The second-order valence-corrected chi connectivity index (χ2v) is 8.31.